The van der Waals surface area contributed by atoms with Crippen LogP contribution >= 0.6 is 15.9 Å². The summed E-state index contributed by atoms with van der Waals surface area (Å²) in [7, 11) is 0. The van der Waals surface area contributed by atoms with E-state index in [0.29, 0.717) is 18.9 Å². The van der Waals surface area contributed by atoms with Gasteiger partial charge in [-0.05, 0) is 37.1 Å². The lowest BCUT2D eigenvalue weighted by Crippen LogP contribution is -1.99. The smallest absolute Gasteiger partial charge is 0.226 e. The summed E-state index contributed by atoms with van der Waals surface area (Å²) in [5.74, 6) is 1.44. The summed E-state index contributed by atoms with van der Waals surface area (Å²) in [6.07, 6.45) is 3.50. The zero-order chi connectivity index (χ0) is 12.8. The van der Waals surface area contributed by atoms with Crippen LogP contribution in [0.3, 0.4) is 0 Å². The van der Waals surface area contributed by atoms with Gasteiger partial charge in [-0.25, -0.2) is 0 Å². The van der Waals surface area contributed by atoms with Gasteiger partial charge in [-0.3, -0.25) is 0 Å². The van der Waals surface area contributed by atoms with Crippen molar-refractivity contribution in [2.75, 3.05) is 6.54 Å². The Balaban J connectivity index is 1.91. The first-order chi connectivity index (χ1) is 8.78. The van der Waals surface area contributed by atoms with Crippen LogP contribution in [0.4, 0.5) is 0 Å². The molecule has 4 nitrogen and oxygen atoms in total. The van der Waals surface area contributed by atoms with Crippen molar-refractivity contribution >= 4 is 15.9 Å². The predicted octanol–water partition coefficient (Wildman–Crippen LogP) is 2.70. The second kappa shape index (κ2) is 6.66. The van der Waals surface area contributed by atoms with Crippen LogP contribution in [0.1, 0.15) is 30.1 Å². The number of aryl methyl sites for hydroxylation is 1. The summed E-state index contributed by atoms with van der Waals surface area (Å²) in [5, 5.41) is 3.98. The van der Waals surface area contributed by atoms with Crippen LogP contribution in [-0.2, 0) is 12.8 Å². The van der Waals surface area contributed by atoms with Crippen molar-refractivity contribution in [2.45, 2.75) is 25.7 Å². The molecule has 18 heavy (non-hydrogen) atoms. The molecule has 1 heterocycles. The fraction of sp³-hybridized carbons (Fsp3) is 0.385. The van der Waals surface area contributed by atoms with E-state index in [1.165, 1.54) is 5.56 Å². The van der Waals surface area contributed by atoms with Crippen LogP contribution in [0.2, 0.25) is 0 Å². The molecule has 0 aliphatic rings. The zero-order valence-corrected chi connectivity index (χ0v) is 11.7. The highest BCUT2D eigenvalue weighted by Gasteiger charge is 2.06. The number of halogens is 1. The highest BCUT2D eigenvalue weighted by Crippen LogP contribution is 2.13. The van der Waals surface area contributed by atoms with Crippen LogP contribution < -0.4 is 5.73 Å². The lowest BCUT2D eigenvalue weighted by molar-refractivity contribution is 0.370. The normalized spacial score (nSPS) is 10.8. The molecule has 2 rings (SSSR count). The molecule has 2 N–H and O–H groups in total. The van der Waals surface area contributed by atoms with E-state index in [-0.39, 0.29) is 0 Å². The highest BCUT2D eigenvalue weighted by atomic mass is 79.9. The molecular weight excluding hydrogens is 294 g/mol. The van der Waals surface area contributed by atoms with Gasteiger partial charge in [0.2, 0.25) is 5.89 Å². The molecule has 0 atom stereocenters. The topological polar surface area (TPSA) is 64.9 Å². The molecule has 1 aromatic carbocycles. The lowest BCUT2D eigenvalue weighted by atomic mass is 10.1. The summed E-state index contributed by atoms with van der Waals surface area (Å²) in [5.41, 5.74) is 6.62. The summed E-state index contributed by atoms with van der Waals surface area (Å²) >= 11 is 3.41. The number of hydrogen-bond acceptors (Lipinski definition) is 4. The third-order valence-electron chi connectivity index (χ3n) is 2.63. The number of rotatable bonds is 6. The standard InChI is InChI=1S/C13H16BrN3O/c14-11-6-4-10(5-7-11)9-12-16-13(18-17-12)3-1-2-8-15/h4-7H,1-3,8-9,15H2. The molecule has 0 radical (unpaired) electrons. The van der Waals surface area contributed by atoms with E-state index in [1.807, 2.05) is 12.1 Å². The van der Waals surface area contributed by atoms with Crippen molar-refractivity contribution in [1.29, 1.82) is 0 Å². The summed E-state index contributed by atoms with van der Waals surface area (Å²) < 4.78 is 6.27. The van der Waals surface area contributed by atoms with Crippen LogP contribution in [0.5, 0.6) is 0 Å². The second-order valence-corrected chi connectivity index (χ2v) is 5.07. The second-order valence-electron chi connectivity index (χ2n) is 4.15. The minimum Gasteiger partial charge on any atom is -0.339 e. The number of unbranched alkanes of at least 4 members (excludes halogenated alkanes) is 1. The number of nitrogens with zero attached hydrogens (tertiary/aromatic N) is 2. The molecule has 5 heteroatoms. The predicted molar refractivity (Wildman–Crippen MR) is 73.2 cm³/mol. The maximum absolute atomic E-state index is 5.44. The largest absolute Gasteiger partial charge is 0.339 e. The summed E-state index contributed by atoms with van der Waals surface area (Å²) in [6, 6.07) is 8.12. The third-order valence-corrected chi connectivity index (χ3v) is 3.16. The average Bonchev–Trinajstić information content (AvgIpc) is 2.80. The van der Waals surface area contributed by atoms with Gasteiger partial charge in [0, 0.05) is 17.3 Å². The average molecular weight is 310 g/mol. The van der Waals surface area contributed by atoms with Gasteiger partial charge >= 0.3 is 0 Å². The van der Waals surface area contributed by atoms with Crippen LogP contribution in [-0.4, -0.2) is 16.7 Å². The Hall–Kier alpha value is -1.20. The first kappa shape index (κ1) is 13.2. The quantitative estimate of drug-likeness (QED) is 0.833. The maximum atomic E-state index is 5.44. The molecule has 0 bridgehead atoms. The van der Waals surface area contributed by atoms with Gasteiger partial charge < -0.3 is 10.3 Å². The van der Waals surface area contributed by atoms with Crippen molar-refractivity contribution in [3.8, 4) is 0 Å². The Morgan fingerprint density at radius 2 is 1.94 bits per heavy atom. The Kier molecular flexibility index (Phi) is 4.90. The molecule has 0 saturated carbocycles. The monoisotopic (exact) mass is 309 g/mol. The minimum absolute atomic E-state index is 0.702. The van der Waals surface area contributed by atoms with Crippen LogP contribution in [0.25, 0.3) is 0 Å². The highest BCUT2D eigenvalue weighted by molar-refractivity contribution is 9.10. The SMILES string of the molecule is NCCCCc1nc(Cc2ccc(Br)cc2)no1. The molecule has 1 aromatic heterocycles. The van der Waals surface area contributed by atoms with Gasteiger partial charge in [0.15, 0.2) is 5.82 Å². The van der Waals surface area contributed by atoms with E-state index in [1.54, 1.807) is 0 Å². The molecule has 0 amide bonds. The van der Waals surface area contributed by atoms with Crippen molar-refractivity contribution in [1.82, 2.24) is 10.1 Å². The van der Waals surface area contributed by atoms with E-state index in [4.69, 9.17) is 10.3 Å². The minimum atomic E-state index is 0.702. The van der Waals surface area contributed by atoms with Gasteiger partial charge in [0.05, 0.1) is 0 Å². The molecule has 96 valence electrons. The molecule has 0 spiro atoms. The number of hydrogen-bond donors (Lipinski definition) is 1. The lowest BCUT2D eigenvalue weighted by Gasteiger charge is -1.96. The summed E-state index contributed by atoms with van der Waals surface area (Å²) in [4.78, 5) is 4.37. The molecule has 0 aliphatic carbocycles. The van der Waals surface area contributed by atoms with Crippen molar-refractivity contribution in [3.05, 3.63) is 46.0 Å². The van der Waals surface area contributed by atoms with Crippen molar-refractivity contribution in [3.63, 3.8) is 0 Å². The van der Waals surface area contributed by atoms with Gasteiger partial charge in [-0.1, -0.05) is 33.2 Å². The molecule has 2 aromatic rings. The fourth-order valence-electron chi connectivity index (χ4n) is 1.67. The Labute approximate surface area is 115 Å². The molecular formula is C13H16BrN3O. The number of benzene rings is 1. The van der Waals surface area contributed by atoms with Gasteiger partial charge in [-0.15, -0.1) is 0 Å². The van der Waals surface area contributed by atoms with E-state index in [2.05, 4.69) is 38.2 Å². The maximum Gasteiger partial charge on any atom is 0.226 e. The van der Waals surface area contributed by atoms with Crippen molar-refractivity contribution < 1.29 is 4.52 Å². The van der Waals surface area contributed by atoms with E-state index < -0.39 is 0 Å². The number of aromatic nitrogens is 2. The summed E-state index contributed by atoms with van der Waals surface area (Å²) in [6.45, 7) is 0.708. The van der Waals surface area contributed by atoms with Gasteiger partial charge in [-0.2, -0.15) is 4.98 Å². The van der Waals surface area contributed by atoms with E-state index in [0.717, 1.165) is 29.6 Å². The zero-order valence-electron chi connectivity index (χ0n) is 10.1. The van der Waals surface area contributed by atoms with Gasteiger partial charge in [0.25, 0.3) is 0 Å². The van der Waals surface area contributed by atoms with E-state index in [9.17, 15) is 0 Å². The van der Waals surface area contributed by atoms with Crippen LogP contribution in [0.15, 0.2) is 33.3 Å². The van der Waals surface area contributed by atoms with E-state index >= 15 is 0 Å². The molecule has 0 saturated heterocycles. The molecule has 0 fully saturated rings. The number of nitrogens with two attached hydrogens (primary N) is 1. The first-order valence-corrected chi connectivity index (χ1v) is 6.83. The van der Waals surface area contributed by atoms with Crippen LogP contribution in [0, 0.1) is 0 Å². The van der Waals surface area contributed by atoms with Gasteiger partial charge in [0.1, 0.15) is 0 Å². The fourth-order valence-corrected chi connectivity index (χ4v) is 1.93. The Morgan fingerprint density at radius 1 is 1.17 bits per heavy atom. The first-order valence-electron chi connectivity index (χ1n) is 6.04. The molecule has 0 aliphatic heterocycles. The van der Waals surface area contributed by atoms with Crippen molar-refractivity contribution in [2.24, 2.45) is 5.73 Å². The third kappa shape index (κ3) is 3.92. The Bertz CT molecular complexity index is 481. The Morgan fingerprint density at radius 3 is 2.67 bits per heavy atom. The molecule has 0 unspecified atom stereocenters.